The summed E-state index contributed by atoms with van der Waals surface area (Å²) in [6.45, 7) is 2.89. The van der Waals surface area contributed by atoms with Crippen molar-refractivity contribution in [1.82, 2.24) is 10.2 Å². The van der Waals surface area contributed by atoms with Gasteiger partial charge in [-0.15, -0.1) is 11.8 Å². The summed E-state index contributed by atoms with van der Waals surface area (Å²) in [5, 5.41) is 3.12. The Morgan fingerprint density at radius 1 is 1.41 bits per heavy atom. The molecule has 2 aliphatic carbocycles. The molecule has 5 heteroatoms. The minimum absolute atomic E-state index is 0.0645. The van der Waals surface area contributed by atoms with Crippen molar-refractivity contribution >= 4 is 23.6 Å². The molecule has 2 aliphatic heterocycles. The van der Waals surface area contributed by atoms with E-state index in [1.165, 1.54) is 25.7 Å². The number of nitrogens with zero attached hydrogens (tertiary/aromatic N) is 1. The van der Waals surface area contributed by atoms with Crippen molar-refractivity contribution in [2.24, 2.45) is 17.8 Å². The lowest BCUT2D eigenvalue weighted by Crippen LogP contribution is -2.50. The molecule has 0 aromatic carbocycles. The van der Waals surface area contributed by atoms with Crippen LogP contribution in [0.3, 0.4) is 0 Å². The molecule has 4 aliphatic rings. The molecular formula is C17H26N2O2S. The molecular weight excluding hydrogens is 296 g/mol. The van der Waals surface area contributed by atoms with Crippen LogP contribution in [0, 0.1) is 17.8 Å². The molecule has 0 aromatic heterocycles. The van der Waals surface area contributed by atoms with Crippen LogP contribution in [0.25, 0.3) is 0 Å². The number of amides is 2. The lowest BCUT2D eigenvalue weighted by atomic mass is 9.86. The molecule has 0 spiro atoms. The van der Waals surface area contributed by atoms with Crippen molar-refractivity contribution in [2.75, 3.05) is 12.3 Å². The number of hydrogen-bond donors (Lipinski definition) is 1. The third kappa shape index (κ3) is 2.36. The Kier molecular flexibility index (Phi) is 3.67. The lowest BCUT2D eigenvalue weighted by Gasteiger charge is -2.30. The molecule has 122 valence electrons. The van der Waals surface area contributed by atoms with Crippen LogP contribution in [0.2, 0.25) is 0 Å². The van der Waals surface area contributed by atoms with Gasteiger partial charge in [-0.25, -0.2) is 0 Å². The van der Waals surface area contributed by atoms with Crippen LogP contribution in [0.5, 0.6) is 0 Å². The van der Waals surface area contributed by atoms with Crippen molar-refractivity contribution in [3.05, 3.63) is 0 Å². The highest BCUT2D eigenvalue weighted by Gasteiger charge is 2.52. The SMILES string of the molecule is CC12CCC(=O)N1C(C(=O)NCCC1CC3CCC1C3)CS2. The van der Waals surface area contributed by atoms with Gasteiger partial charge < -0.3 is 10.2 Å². The zero-order valence-electron chi connectivity index (χ0n) is 13.3. The van der Waals surface area contributed by atoms with Gasteiger partial charge in [0.1, 0.15) is 6.04 Å². The molecule has 22 heavy (non-hydrogen) atoms. The van der Waals surface area contributed by atoms with E-state index in [1.807, 2.05) is 4.90 Å². The second-order valence-corrected chi connectivity index (χ2v) is 9.28. The summed E-state index contributed by atoms with van der Waals surface area (Å²) < 4.78 is 0. The Labute approximate surface area is 136 Å². The van der Waals surface area contributed by atoms with Crippen LogP contribution in [0.15, 0.2) is 0 Å². The highest BCUT2D eigenvalue weighted by Crippen LogP contribution is 2.49. The number of fused-ring (bicyclic) bond motifs is 3. The largest absolute Gasteiger partial charge is 0.354 e. The molecule has 4 rings (SSSR count). The number of carbonyl (C=O) groups excluding carboxylic acids is 2. The van der Waals surface area contributed by atoms with Gasteiger partial charge >= 0.3 is 0 Å². The second kappa shape index (κ2) is 5.43. The number of nitrogens with one attached hydrogen (secondary N) is 1. The summed E-state index contributed by atoms with van der Waals surface area (Å²) in [6.07, 6.45) is 8.24. The smallest absolute Gasteiger partial charge is 0.243 e. The van der Waals surface area contributed by atoms with Gasteiger partial charge in [0.05, 0.1) is 4.87 Å². The van der Waals surface area contributed by atoms with Crippen molar-refractivity contribution in [3.63, 3.8) is 0 Å². The first kappa shape index (κ1) is 14.9. The molecule has 2 amide bonds. The highest BCUT2D eigenvalue weighted by molar-refractivity contribution is 8.01. The first-order valence-electron chi connectivity index (χ1n) is 8.81. The molecule has 1 N–H and O–H groups in total. The van der Waals surface area contributed by atoms with Crippen LogP contribution in [-0.2, 0) is 9.59 Å². The number of hydrogen-bond acceptors (Lipinski definition) is 3. The average Bonchev–Trinajstić information content (AvgIpc) is 3.22. The Balaban J connectivity index is 1.29. The highest BCUT2D eigenvalue weighted by atomic mass is 32.2. The van der Waals surface area contributed by atoms with E-state index in [0.29, 0.717) is 6.42 Å². The van der Waals surface area contributed by atoms with Crippen molar-refractivity contribution in [3.8, 4) is 0 Å². The zero-order chi connectivity index (χ0) is 15.3. The monoisotopic (exact) mass is 322 g/mol. The fraction of sp³-hybridized carbons (Fsp3) is 0.882. The van der Waals surface area contributed by atoms with Crippen LogP contribution < -0.4 is 5.32 Å². The van der Waals surface area contributed by atoms with Crippen molar-refractivity contribution < 1.29 is 9.59 Å². The summed E-state index contributed by atoms with van der Waals surface area (Å²) >= 11 is 1.77. The summed E-state index contributed by atoms with van der Waals surface area (Å²) in [5.74, 6) is 3.70. The van der Waals surface area contributed by atoms with E-state index in [4.69, 9.17) is 0 Å². The minimum atomic E-state index is -0.245. The van der Waals surface area contributed by atoms with Gasteiger partial charge in [0.2, 0.25) is 11.8 Å². The summed E-state index contributed by atoms with van der Waals surface area (Å²) in [7, 11) is 0. The minimum Gasteiger partial charge on any atom is -0.354 e. The maximum absolute atomic E-state index is 12.5. The van der Waals surface area contributed by atoms with Gasteiger partial charge in [-0.2, -0.15) is 0 Å². The van der Waals surface area contributed by atoms with Gasteiger partial charge in [-0.05, 0) is 56.8 Å². The van der Waals surface area contributed by atoms with Crippen LogP contribution >= 0.6 is 11.8 Å². The van der Waals surface area contributed by atoms with Gasteiger partial charge in [0.15, 0.2) is 0 Å². The van der Waals surface area contributed by atoms with E-state index in [-0.39, 0.29) is 22.7 Å². The van der Waals surface area contributed by atoms with Crippen LogP contribution in [0.4, 0.5) is 0 Å². The topological polar surface area (TPSA) is 49.4 Å². The molecule has 2 saturated carbocycles. The lowest BCUT2D eigenvalue weighted by molar-refractivity contribution is -0.137. The van der Waals surface area contributed by atoms with E-state index in [9.17, 15) is 9.59 Å². The first-order valence-corrected chi connectivity index (χ1v) is 9.79. The standard InChI is InChI=1S/C17H26N2O2S/c1-17-6-4-15(20)19(17)14(10-22-17)16(21)18-7-5-13-9-11-2-3-12(13)8-11/h11-14H,2-10H2,1H3,(H,18,21). The predicted octanol–water partition coefficient (Wildman–Crippen LogP) is 2.38. The molecule has 4 fully saturated rings. The molecule has 2 saturated heterocycles. The van der Waals surface area contributed by atoms with E-state index in [0.717, 1.165) is 42.9 Å². The number of thioether (sulfide) groups is 1. The number of rotatable bonds is 4. The van der Waals surface area contributed by atoms with Gasteiger partial charge in [-0.1, -0.05) is 6.42 Å². The third-order valence-corrected chi connectivity index (χ3v) is 7.95. The Morgan fingerprint density at radius 3 is 3.00 bits per heavy atom. The third-order valence-electron chi connectivity index (χ3n) is 6.45. The molecule has 0 aromatic rings. The van der Waals surface area contributed by atoms with Gasteiger partial charge in [-0.3, -0.25) is 9.59 Å². The first-order chi connectivity index (χ1) is 10.6. The molecule has 4 nitrogen and oxygen atoms in total. The Morgan fingerprint density at radius 2 is 2.27 bits per heavy atom. The van der Waals surface area contributed by atoms with E-state index in [1.54, 1.807) is 11.8 Å². The zero-order valence-corrected chi connectivity index (χ0v) is 14.2. The molecule has 5 unspecified atom stereocenters. The summed E-state index contributed by atoms with van der Waals surface area (Å²) in [4.78, 5) is 26.3. The Hall–Kier alpha value is -0.710. The normalized spacial score (nSPS) is 43.0. The quantitative estimate of drug-likeness (QED) is 0.864. The molecule has 2 bridgehead atoms. The van der Waals surface area contributed by atoms with E-state index >= 15 is 0 Å². The number of carbonyl (C=O) groups is 2. The molecule has 0 radical (unpaired) electrons. The van der Waals surface area contributed by atoms with E-state index < -0.39 is 0 Å². The van der Waals surface area contributed by atoms with Crippen molar-refractivity contribution in [2.45, 2.75) is 62.8 Å². The average molecular weight is 322 g/mol. The molecule has 2 heterocycles. The summed E-state index contributed by atoms with van der Waals surface area (Å²) in [6, 6.07) is -0.245. The predicted molar refractivity (Wildman–Crippen MR) is 87.3 cm³/mol. The maximum atomic E-state index is 12.5. The van der Waals surface area contributed by atoms with Crippen LogP contribution in [0.1, 0.15) is 51.9 Å². The van der Waals surface area contributed by atoms with E-state index in [2.05, 4.69) is 12.2 Å². The fourth-order valence-corrected chi connectivity index (χ4v) is 6.68. The van der Waals surface area contributed by atoms with Crippen LogP contribution in [-0.4, -0.2) is 39.9 Å². The van der Waals surface area contributed by atoms with Crippen molar-refractivity contribution in [1.29, 1.82) is 0 Å². The van der Waals surface area contributed by atoms with Gasteiger partial charge in [0, 0.05) is 18.7 Å². The molecule has 5 atom stereocenters. The van der Waals surface area contributed by atoms with Gasteiger partial charge in [0.25, 0.3) is 0 Å². The second-order valence-electron chi connectivity index (χ2n) is 7.78. The maximum Gasteiger partial charge on any atom is 0.243 e. The fourth-order valence-electron chi connectivity index (χ4n) is 5.24. The Bertz CT molecular complexity index is 497. The summed E-state index contributed by atoms with van der Waals surface area (Å²) in [5.41, 5.74) is 0.